The summed E-state index contributed by atoms with van der Waals surface area (Å²) in [5.74, 6) is 0. The molecular weight excluding hydrogens is 236 g/mol. The number of aliphatic imine (C=N–C) groups is 1. The fraction of sp³-hybridized carbons (Fsp3) is 0.933. The molecule has 0 amide bonds. The molecule has 3 N–H and O–H groups in total. The molecule has 4 heteroatoms. The van der Waals surface area contributed by atoms with Gasteiger partial charge in [0.05, 0.1) is 32.5 Å². The third kappa shape index (κ3) is 8.22. The van der Waals surface area contributed by atoms with Crippen molar-refractivity contribution in [1.29, 1.82) is 0 Å². The van der Waals surface area contributed by atoms with Gasteiger partial charge in [0.15, 0.2) is 0 Å². The lowest BCUT2D eigenvalue weighted by atomic mass is 10.1. The number of likely N-dealkylation sites (N-methyl/N-ethyl adjacent to an activating group) is 1. The van der Waals surface area contributed by atoms with Crippen LogP contribution in [0, 0.1) is 0 Å². The molecule has 0 bridgehead atoms. The van der Waals surface area contributed by atoms with Gasteiger partial charge in [-0.25, -0.2) is 0 Å². The molecule has 0 saturated carbocycles. The lowest BCUT2D eigenvalue weighted by Gasteiger charge is -2.39. The van der Waals surface area contributed by atoms with Crippen molar-refractivity contribution in [2.45, 2.75) is 52.5 Å². The van der Waals surface area contributed by atoms with Crippen molar-refractivity contribution in [3.05, 3.63) is 0 Å². The summed E-state index contributed by atoms with van der Waals surface area (Å²) in [5.41, 5.74) is 5.34. The van der Waals surface area contributed by atoms with E-state index in [4.69, 9.17) is 5.73 Å². The highest BCUT2D eigenvalue weighted by Crippen LogP contribution is 2.13. The quantitative estimate of drug-likeness (QED) is 0.324. The Kier molecular flexibility index (Phi) is 10.9. The van der Waals surface area contributed by atoms with E-state index in [0.717, 1.165) is 13.0 Å². The number of quaternary nitrogens is 1. The number of hydrogen-bond donors (Lipinski definition) is 2. The van der Waals surface area contributed by atoms with E-state index in [1.54, 1.807) is 0 Å². The van der Waals surface area contributed by atoms with Gasteiger partial charge in [0, 0.05) is 12.6 Å². The average Bonchev–Trinajstić information content (AvgIpc) is 2.37. The number of nitrogens with two attached hydrogens (primary N) is 1. The normalized spacial score (nSPS) is 14.1. The minimum Gasteiger partial charge on any atom is -0.390 e. The maximum Gasteiger partial charge on any atom is 0.0913 e. The van der Waals surface area contributed by atoms with Gasteiger partial charge in [-0.05, 0) is 39.7 Å². The maximum absolute atomic E-state index is 5.34. The topological polar surface area (TPSA) is 50.4 Å². The molecule has 4 nitrogen and oxygen atoms in total. The van der Waals surface area contributed by atoms with Crippen molar-refractivity contribution in [1.82, 2.24) is 5.32 Å². The minimum atomic E-state index is 0.361. The summed E-state index contributed by atoms with van der Waals surface area (Å²) in [6, 6.07) is 0.361. The highest BCUT2D eigenvalue weighted by atomic mass is 15.4. The van der Waals surface area contributed by atoms with Crippen molar-refractivity contribution in [3.8, 4) is 0 Å². The standard InChI is InChI=1S/C15H35N4/c1-5-10-19(11-6-2,13-9-17-4)12-7-8-15(3)18-14-16/h14-15,17H,5-13H2,1-4H3,(H2,16,18)/q+1. The Bertz CT molecular complexity index is 222. The van der Waals surface area contributed by atoms with Gasteiger partial charge in [0.2, 0.25) is 0 Å². The third-order valence-electron chi connectivity index (χ3n) is 3.83. The van der Waals surface area contributed by atoms with Gasteiger partial charge in [-0.15, -0.1) is 0 Å². The second-order valence-corrected chi connectivity index (χ2v) is 5.63. The van der Waals surface area contributed by atoms with Crippen molar-refractivity contribution >= 4 is 6.34 Å². The molecular formula is C15H35N4+. The summed E-state index contributed by atoms with van der Waals surface area (Å²) in [6.07, 6.45) is 6.34. The Morgan fingerprint density at radius 1 is 1.16 bits per heavy atom. The number of nitrogens with zero attached hydrogens (tertiary/aromatic N) is 2. The van der Waals surface area contributed by atoms with Gasteiger partial charge >= 0.3 is 0 Å². The first-order valence-electron chi connectivity index (χ1n) is 7.87. The van der Waals surface area contributed by atoms with E-state index in [2.05, 4.69) is 31.1 Å². The van der Waals surface area contributed by atoms with Gasteiger partial charge in [-0.1, -0.05) is 13.8 Å². The highest BCUT2D eigenvalue weighted by molar-refractivity contribution is 5.51. The molecule has 114 valence electrons. The molecule has 0 radical (unpaired) electrons. The monoisotopic (exact) mass is 271 g/mol. The Morgan fingerprint density at radius 3 is 2.26 bits per heavy atom. The summed E-state index contributed by atoms with van der Waals surface area (Å²) in [4.78, 5) is 4.23. The van der Waals surface area contributed by atoms with E-state index in [0.29, 0.717) is 6.04 Å². The van der Waals surface area contributed by atoms with Crippen LogP contribution in [0.3, 0.4) is 0 Å². The molecule has 1 atom stereocenters. The molecule has 0 aromatic heterocycles. The SMILES string of the molecule is CCC[N+](CCC)(CCCC(C)N=CN)CCNC. The van der Waals surface area contributed by atoms with Crippen molar-refractivity contribution in [2.75, 3.05) is 39.8 Å². The van der Waals surface area contributed by atoms with E-state index in [-0.39, 0.29) is 0 Å². The van der Waals surface area contributed by atoms with Crippen LogP contribution < -0.4 is 11.1 Å². The molecule has 0 aliphatic carbocycles. The molecule has 0 heterocycles. The summed E-state index contributed by atoms with van der Waals surface area (Å²) in [7, 11) is 2.05. The highest BCUT2D eigenvalue weighted by Gasteiger charge is 2.24. The number of nitrogens with one attached hydrogen (secondary N) is 1. The molecule has 0 aromatic rings. The van der Waals surface area contributed by atoms with Crippen LogP contribution in [0.15, 0.2) is 4.99 Å². The molecule has 0 saturated heterocycles. The number of rotatable bonds is 12. The van der Waals surface area contributed by atoms with Gasteiger partial charge < -0.3 is 15.5 Å². The fourth-order valence-electron chi connectivity index (χ4n) is 2.91. The third-order valence-corrected chi connectivity index (χ3v) is 3.83. The van der Waals surface area contributed by atoms with Crippen molar-refractivity contribution in [3.63, 3.8) is 0 Å². The van der Waals surface area contributed by atoms with Crippen LogP contribution in [0.4, 0.5) is 0 Å². The van der Waals surface area contributed by atoms with E-state index in [1.165, 1.54) is 56.3 Å². The van der Waals surface area contributed by atoms with Crippen molar-refractivity contribution in [2.24, 2.45) is 10.7 Å². The van der Waals surface area contributed by atoms with Gasteiger partial charge in [0.1, 0.15) is 0 Å². The lowest BCUT2D eigenvalue weighted by Crippen LogP contribution is -2.52. The predicted octanol–water partition coefficient (Wildman–Crippen LogP) is 2.00. The summed E-state index contributed by atoms with van der Waals surface area (Å²) >= 11 is 0. The molecule has 0 aliphatic heterocycles. The van der Waals surface area contributed by atoms with Crippen LogP contribution in [0.25, 0.3) is 0 Å². The molecule has 0 rings (SSSR count). The Balaban J connectivity index is 4.36. The first kappa shape index (κ1) is 18.4. The predicted molar refractivity (Wildman–Crippen MR) is 85.6 cm³/mol. The fourth-order valence-corrected chi connectivity index (χ4v) is 2.91. The van der Waals surface area contributed by atoms with Gasteiger partial charge in [-0.3, -0.25) is 4.99 Å². The van der Waals surface area contributed by atoms with Crippen LogP contribution in [0.5, 0.6) is 0 Å². The zero-order chi connectivity index (χ0) is 14.6. The molecule has 0 spiro atoms. The smallest absolute Gasteiger partial charge is 0.0913 e. The number of hydrogen-bond acceptors (Lipinski definition) is 2. The average molecular weight is 271 g/mol. The van der Waals surface area contributed by atoms with Crippen LogP contribution in [-0.4, -0.2) is 56.6 Å². The molecule has 1 unspecified atom stereocenters. The Morgan fingerprint density at radius 2 is 1.79 bits per heavy atom. The van der Waals surface area contributed by atoms with Crippen LogP contribution in [0.1, 0.15) is 46.5 Å². The first-order valence-corrected chi connectivity index (χ1v) is 7.87. The maximum atomic E-state index is 5.34. The van der Waals surface area contributed by atoms with E-state index >= 15 is 0 Å². The Hall–Kier alpha value is -0.610. The van der Waals surface area contributed by atoms with Gasteiger partial charge in [-0.2, -0.15) is 0 Å². The summed E-state index contributed by atoms with van der Waals surface area (Å²) in [6.45, 7) is 12.9. The van der Waals surface area contributed by atoms with E-state index in [9.17, 15) is 0 Å². The first-order chi connectivity index (χ1) is 9.14. The van der Waals surface area contributed by atoms with E-state index in [1.807, 2.05) is 7.05 Å². The van der Waals surface area contributed by atoms with Gasteiger partial charge in [0.25, 0.3) is 0 Å². The second-order valence-electron chi connectivity index (χ2n) is 5.63. The summed E-state index contributed by atoms with van der Waals surface area (Å²) in [5, 5.41) is 3.30. The van der Waals surface area contributed by atoms with Crippen molar-refractivity contribution < 1.29 is 4.48 Å². The Labute approximate surface area is 120 Å². The lowest BCUT2D eigenvalue weighted by molar-refractivity contribution is -0.927. The molecule has 19 heavy (non-hydrogen) atoms. The zero-order valence-corrected chi connectivity index (χ0v) is 13.5. The largest absolute Gasteiger partial charge is 0.390 e. The second kappa shape index (κ2) is 11.2. The van der Waals surface area contributed by atoms with E-state index < -0.39 is 0 Å². The molecule has 0 aliphatic rings. The van der Waals surface area contributed by atoms with Crippen LogP contribution in [-0.2, 0) is 0 Å². The van der Waals surface area contributed by atoms with Crippen LogP contribution in [0.2, 0.25) is 0 Å². The zero-order valence-electron chi connectivity index (χ0n) is 13.5. The summed E-state index contributed by atoms with van der Waals surface area (Å²) < 4.78 is 1.26. The molecule has 0 fully saturated rings. The minimum absolute atomic E-state index is 0.361. The van der Waals surface area contributed by atoms with Crippen LogP contribution >= 0.6 is 0 Å². The molecule has 0 aromatic carbocycles.